The highest BCUT2D eigenvalue weighted by atomic mass is 28.4. The topological polar surface area (TPSA) is 48.0 Å². The maximum Gasteiger partial charge on any atom is 0.411 e. The van der Waals surface area contributed by atoms with Crippen molar-refractivity contribution in [3.63, 3.8) is 0 Å². The summed E-state index contributed by atoms with van der Waals surface area (Å²) in [5.41, 5.74) is 1.02. The number of rotatable bonds is 7. The minimum atomic E-state index is -1.92. The van der Waals surface area contributed by atoms with Gasteiger partial charge in [0.05, 0.1) is 19.8 Å². The fraction of sp³-hybridized carbons (Fsp3) is 0.550. The lowest BCUT2D eigenvalue weighted by atomic mass is 10.1. The highest BCUT2D eigenvalue weighted by Gasteiger charge is 2.43. The van der Waals surface area contributed by atoms with Crippen LogP contribution in [0.25, 0.3) is 0 Å². The van der Waals surface area contributed by atoms with Gasteiger partial charge in [-0.3, -0.25) is 4.90 Å². The molecule has 26 heavy (non-hydrogen) atoms. The average Bonchev–Trinajstić information content (AvgIpc) is 2.88. The first-order chi connectivity index (χ1) is 12.1. The normalized spacial score (nSPS) is 20.8. The van der Waals surface area contributed by atoms with E-state index in [1.165, 1.54) is 0 Å². The van der Waals surface area contributed by atoms with Gasteiger partial charge in [-0.2, -0.15) is 0 Å². The van der Waals surface area contributed by atoms with Gasteiger partial charge in [0.1, 0.15) is 11.9 Å². The van der Waals surface area contributed by atoms with Crippen LogP contribution in [-0.2, 0) is 15.7 Å². The Morgan fingerprint density at radius 1 is 1.27 bits per heavy atom. The lowest BCUT2D eigenvalue weighted by Gasteiger charge is -2.38. The van der Waals surface area contributed by atoms with E-state index in [9.17, 15) is 4.79 Å². The number of hydrogen-bond donors (Lipinski definition) is 0. The molecule has 1 amide bonds. The Balaban J connectivity index is 2.14. The molecule has 0 unspecified atom stereocenters. The van der Waals surface area contributed by atoms with E-state index >= 15 is 0 Å². The van der Waals surface area contributed by atoms with Crippen LogP contribution in [-0.4, -0.2) is 45.2 Å². The van der Waals surface area contributed by atoms with Crippen molar-refractivity contribution in [2.45, 2.75) is 57.6 Å². The maximum absolute atomic E-state index is 12.4. The zero-order valence-electron chi connectivity index (χ0n) is 16.7. The summed E-state index contributed by atoms with van der Waals surface area (Å²) in [5.74, 6) is 0.791. The molecule has 0 spiro atoms. The number of hydrogen-bond acceptors (Lipinski definition) is 4. The van der Waals surface area contributed by atoms with Gasteiger partial charge in [-0.15, -0.1) is 0 Å². The van der Waals surface area contributed by atoms with E-state index < -0.39 is 8.32 Å². The Labute approximate surface area is 158 Å². The number of amides is 1. The third-order valence-electron chi connectivity index (χ3n) is 5.42. The highest BCUT2D eigenvalue weighted by Crippen LogP contribution is 2.37. The lowest BCUT2D eigenvalue weighted by molar-refractivity contribution is 0.144. The van der Waals surface area contributed by atoms with Crippen LogP contribution in [0.4, 0.5) is 4.79 Å². The summed E-state index contributed by atoms with van der Waals surface area (Å²) in [7, 11) is -0.281. The van der Waals surface area contributed by atoms with Crippen molar-refractivity contribution in [2.24, 2.45) is 0 Å². The van der Waals surface area contributed by atoms with Crippen LogP contribution in [0.2, 0.25) is 18.1 Å². The fourth-order valence-electron chi connectivity index (χ4n) is 2.59. The molecule has 1 aromatic rings. The second-order valence-electron chi connectivity index (χ2n) is 8.20. The Kier molecular flexibility index (Phi) is 6.19. The molecular formula is C20H31NO4Si. The highest BCUT2D eigenvalue weighted by molar-refractivity contribution is 6.74. The van der Waals surface area contributed by atoms with Crippen molar-refractivity contribution in [3.8, 4) is 5.75 Å². The van der Waals surface area contributed by atoms with Gasteiger partial charge >= 0.3 is 6.09 Å². The van der Waals surface area contributed by atoms with Crippen LogP contribution in [0.5, 0.6) is 5.75 Å². The maximum atomic E-state index is 12.4. The number of nitrogens with zero attached hydrogens (tertiary/aromatic N) is 1. The quantitative estimate of drug-likeness (QED) is 0.515. The van der Waals surface area contributed by atoms with Crippen LogP contribution in [0.3, 0.4) is 0 Å². The van der Waals surface area contributed by atoms with Crippen LogP contribution in [0, 0.1) is 0 Å². The number of ether oxygens (including phenoxy) is 2. The van der Waals surface area contributed by atoms with Crippen molar-refractivity contribution >= 4 is 14.4 Å². The standard InChI is InChI=1S/C20H31NO4Si/c1-8-18-17(14-24-26(6,7)20(2,3)4)21(19(22)25-18)13-15-9-11-16(23-5)12-10-15/h8-12,17-18H,1,13-14H2,2-7H3/t17-,18-/m1/s1. The molecule has 144 valence electrons. The van der Waals surface area contributed by atoms with Gasteiger partial charge in [0, 0.05) is 6.54 Å². The third-order valence-corrected chi connectivity index (χ3v) is 9.92. The van der Waals surface area contributed by atoms with Gasteiger partial charge < -0.3 is 13.9 Å². The summed E-state index contributed by atoms with van der Waals surface area (Å²) < 4.78 is 17.0. The Hall–Kier alpha value is -1.79. The van der Waals surface area contributed by atoms with Crippen molar-refractivity contribution < 1.29 is 18.7 Å². The van der Waals surface area contributed by atoms with E-state index in [0.29, 0.717) is 13.2 Å². The molecule has 1 aliphatic heterocycles. The summed E-state index contributed by atoms with van der Waals surface area (Å²) >= 11 is 0. The number of carbonyl (C=O) groups excluding carboxylic acids is 1. The first-order valence-corrected chi connectivity index (χ1v) is 11.9. The molecule has 0 aliphatic carbocycles. The summed E-state index contributed by atoms with van der Waals surface area (Å²) in [6, 6.07) is 7.53. The third kappa shape index (κ3) is 4.48. The molecule has 0 aromatic heterocycles. The summed E-state index contributed by atoms with van der Waals surface area (Å²) in [5, 5.41) is 0.112. The molecule has 6 heteroatoms. The molecule has 1 aromatic carbocycles. The van der Waals surface area contributed by atoms with E-state index in [1.54, 1.807) is 18.1 Å². The van der Waals surface area contributed by atoms with Crippen LogP contribution in [0.15, 0.2) is 36.9 Å². The Morgan fingerprint density at radius 2 is 1.88 bits per heavy atom. The smallest absolute Gasteiger partial charge is 0.411 e. The monoisotopic (exact) mass is 377 g/mol. The minimum absolute atomic E-state index is 0.112. The molecule has 5 nitrogen and oxygen atoms in total. The van der Waals surface area contributed by atoms with Gasteiger partial charge in [-0.1, -0.05) is 39.5 Å². The zero-order chi connectivity index (χ0) is 19.5. The largest absolute Gasteiger partial charge is 0.497 e. The second-order valence-corrected chi connectivity index (χ2v) is 13.0. The van der Waals surface area contributed by atoms with E-state index in [0.717, 1.165) is 11.3 Å². The average molecular weight is 378 g/mol. The van der Waals surface area contributed by atoms with Gasteiger partial charge in [0.25, 0.3) is 0 Å². The molecule has 1 saturated heterocycles. The molecule has 0 saturated carbocycles. The van der Waals surface area contributed by atoms with Gasteiger partial charge in [-0.25, -0.2) is 4.79 Å². The zero-order valence-corrected chi connectivity index (χ0v) is 17.7. The van der Waals surface area contributed by atoms with Crippen LogP contribution in [0.1, 0.15) is 26.3 Å². The van der Waals surface area contributed by atoms with E-state index in [-0.39, 0.29) is 23.3 Å². The molecule has 1 aliphatic rings. The number of benzene rings is 1. The molecular weight excluding hydrogens is 346 g/mol. The Bertz CT molecular complexity index is 636. The molecule has 2 rings (SSSR count). The van der Waals surface area contributed by atoms with Gasteiger partial charge in [-0.05, 0) is 41.9 Å². The first-order valence-electron chi connectivity index (χ1n) is 8.96. The number of cyclic esters (lactones) is 1. The minimum Gasteiger partial charge on any atom is -0.497 e. The van der Waals surface area contributed by atoms with E-state index in [4.69, 9.17) is 13.9 Å². The van der Waals surface area contributed by atoms with E-state index in [1.807, 2.05) is 24.3 Å². The Morgan fingerprint density at radius 3 is 2.38 bits per heavy atom. The molecule has 0 bridgehead atoms. The van der Waals surface area contributed by atoms with Crippen molar-refractivity contribution in [3.05, 3.63) is 42.5 Å². The predicted molar refractivity (Wildman–Crippen MR) is 106 cm³/mol. The van der Waals surface area contributed by atoms with Crippen molar-refractivity contribution in [1.82, 2.24) is 4.90 Å². The van der Waals surface area contributed by atoms with Crippen LogP contribution >= 0.6 is 0 Å². The fourth-order valence-corrected chi connectivity index (χ4v) is 3.61. The van der Waals surface area contributed by atoms with E-state index in [2.05, 4.69) is 40.4 Å². The van der Waals surface area contributed by atoms with Crippen LogP contribution < -0.4 is 4.74 Å². The predicted octanol–water partition coefficient (Wildman–Crippen LogP) is 4.59. The molecule has 0 radical (unpaired) electrons. The van der Waals surface area contributed by atoms with Crippen molar-refractivity contribution in [1.29, 1.82) is 0 Å². The van der Waals surface area contributed by atoms with Crippen molar-refractivity contribution in [2.75, 3.05) is 13.7 Å². The summed E-state index contributed by atoms with van der Waals surface area (Å²) in [4.78, 5) is 14.1. The summed E-state index contributed by atoms with van der Waals surface area (Å²) in [6.45, 7) is 15.8. The molecule has 1 fully saturated rings. The molecule has 2 atom stereocenters. The number of methoxy groups -OCH3 is 1. The number of carbonyl (C=O) groups is 1. The first kappa shape index (κ1) is 20.5. The molecule has 0 N–H and O–H groups in total. The van der Waals surface area contributed by atoms with Gasteiger partial charge in [0.2, 0.25) is 0 Å². The second kappa shape index (κ2) is 7.84. The SMILES string of the molecule is C=C[C@H]1OC(=O)N(Cc2ccc(OC)cc2)[C@@H]1CO[Si](C)(C)C(C)(C)C. The van der Waals surface area contributed by atoms with Gasteiger partial charge in [0.15, 0.2) is 8.32 Å². The lowest BCUT2D eigenvalue weighted by Crippen LogP contribution is -2.47. The summed E-state index contributed by atoms with van der Waals surface area (Å²) in [6.07, 6.45) is 1.01. The molecule has 1 heterocycles.